The van der Waals surface area contributed by atoms with Crippen molar-refractivity contribution in [2.75, 3.05) is 0 Å². The van der Waals surface area contributed by atoms with Crippen LogP contribution < -0.4 is 0 Å². The molecule has 112 valence electrons. The van der Waals surface area contributed by atoms with Crippen LogP contribution in [0.25, 0.3) is 0 Å². The molecule has 0 saturated carbocycles. The van der Waals surface area contributed by atoms with Crippen LogP contribution in [0.4, 0.5) is 0 Å². The van der Waals surface area contributed by atoms with Crippen LogP contribution in [0.3, 0.4) is 0 Å². The Morgan fingerprint density at radius 3 is 2.00 bits per heavy atom. The van der Waals surface area contributed by atoms with Gasteiger partial charge < -0.3 is 0 Å². The van der Waals surface area contributed by atoms with Crippen molar-refractivity contribution in [1.29, 1.82) is 0 Å². The lowest BCUT2D eigenvalue weighted by atomic mass is 9.82. The van der Waals surface area contributed by atoms with Gasteiger partial charge in [0.25, 0.3) is 0 Å². The second-order valence-corrected chi connectivity index (χ2v) is 7.59. The number of alkyl halides is 1. The Balaban J connectivity index is 2.35. The first kappa shape index (κ1) is 16.9. The minimum atomic E-state index is -0.00233. The van der Waals surface area contributed by atoms with Gasteiger partial charge in [-0.15, -0.1) is 0 Å². The van der Waals surface area contributed by atoms with E-state index in [-0.39, 0.29) is 10.2 Å². The molecule has 0 aromatic heterocycles. The number of benzene rings is 2. The Labute approximate surface area is 145 Å². The highest BCUT2D eigenvalue weighted by Crippen LogP contribution is 2.40. The van der Waals surface area contributed by atoms with Crippen LogP contribution in [-0.4, -0.2) is 0 Å². The maximum atomic E-state index is 6.29. The summed E-state index contributed by atoms with van der Waals surface area (Å²) in [6, 6.07) is 14.3. The summed E-state index contributed by atoms with van der Waals surface area (Å²) < 4.78 is 0. The quantitative estimate of drug-likeness (QED) is 0.489. The molecule has 0 fully saturated rings. The average Bonchev–Trinajstić information content (AvgIpc) is 2.47. The molecule has 0 aliphatic carbocycles. The number of rotatable bonds is 4. The molecule has 2 aromatic carbocycles. The Kier molecular flexibility index (Phi) is 5.40. The normalized spacial score (nSPS) is 13.2. The van der Waals surface area contributed by atoms with Gasteiger partial charge in [0.15, 0.2) is 0 Å². The molecule has 0 amide bonds. The first-order chi connectivity index (χ1) is 9.86. The fourth-order valence-electron chi connectivity index (χ4n) is 2.23. The Hall–Kier alpha value is -0.500. The van der Waals surface area contributed by atoms with Crippen LogP contribution in [0.15, 0.2) is 42.5 Å². The van der Waals surface area contributed by atoms with E-state index in [2.05, 4.69) is 61.0 Å². The molecule has 0 nitrogen and oxygen atoms in total. The van der Waals surface area contributed by atoms with E-state index in [1.807, 2.05) is 18.2 Å². The summed E-state index contributed by atoms with van der Waals surface area (Å²) >= 11 is 16.3. The van der Waals surface area contributed by atoms with E-state index < -0.39 is 0 Å². The second kappa shape index (κ2) is 6.73. The van der Waals surface area contributed by atoms with Crippen molar-refractivity contribution in [2.45, 2.75) is 37.4 Å². The summed E-state index contributed by atoms with van der Waals surface area (Å²) in [6.07, 6.45) is 1.11. The molecule has 21 heavy (non-hydrogen) atoms. The van der Waals surface area contributed by atoms with Crippen molar-refractivity contribution >= 4 is 39.1 Å². The van der Waals surface area contributed by atoms with Gasteiger partial charge in [0.05, 0.1) is 4.83 Å². The third-order valence-corrected chi connectivity index (χ3v) is 5.77. The lowest BCUT2D eigenvalue weighted by molar-refractivity contribution is 0.506. The van der Waals surface area contributed by atoms with E-state index in [1.165, 1.54) is 5.56 Å². The Morgan fingerprint density at radius 2 is 1.52 bits per heavy atom. The van der Waals surface area contributed by atoms with E-state index in [9.17, 15) is 0 Å². The smallest absolute Gasteiger partial charge is 0.0673 e. The van der Waals surface area contributed by atoms with Crippen molar-refractivity contribution in [1.82, 2.24) is 0 Å². The predicted molar refractivity (Wildman–Crippen MR) is 97.0 cm³/mol. The Bertz CT molecular complexity index is 597. The molecule has 0 heterocycles. The molecule has 1 unspecified atom stereocenters. The summed E-state index contributed by atoms with van der Waals surface area (Å²) in [5.41, 5.74) is 3.62. The van der Waals surface area contributed by atoms with Gasteiger partial charge in [0.1, 0.15) is 0 Å². The van der Waals surface area contributed by atoms with Crippen LogP contribution in [0.1, 0.15) is 48.7 Å². The molecule has 0 bridgehead atoms. The molecule has 0 spiro atoms. The molecular weight excluding hydrogens is 367 g/mol. The van der Waals surface area contributed by atoms with Crippen LogP contribution >= 0.6 is 39.1 Å². The molecule has 0 N–H and O–H groups in total. The SMILES string of the molecule is CCC(C)(C)c1ccc(C(Br)c2c(Cl)cccc2Cl)cc1. The average molecular weight is 386 g/mol. The van der Waals surface area contributed by atoms with Gasteiger partial charge in [-0.2, -0.15) is 0 Å². The first-order valence-electron chi connectivity index (χ1n) is 7.05. The summed E-state index contributed by atoms with van der Waals surface area (Å²) in [5.74, 6) is 0. The van der Waals surface area contributed by atoms with Gasteiger partial charge >= 0.3 is 0 Å². The minimum Gasteiger partial charge on any atom is -0.0839 e. The standard InChI is InChI=1S/C18H19BrCl2/c1-4-18(2,3)13-10-8-12(9-11-13)17(19)16-14(20)6-5-7-15(16)21/h5-11,17H,4H2,1-3H3. The monoisotopic (exact) mass is 384 g/mol. The lowest BCUT2D eigenvalue weighted by Crippen LogP contribution is -2.15. The van der Waals surface area contributed by atoms with E-state index >= 15 is 0 Å². The highest BCUT2D eigenvalue weighted by atomic mass is 79.9. The van der Waals surface area contributed by atoms with Crippen LogP contribution in [0.2, 0.25) is 10.0 Å². The van der Waals surface area contributed by atoms with Gasteiger partial charge in [0.2, 0.25) is 0 Å². The highest BCUT2D eigenvalue weighted by molar-refractivity contribution is 9.09. The molecule has 0 radical (unpaired) electrons. The van der Waals surface area contributed by atoms with Crippen LogP contribution in [0, 0.1) is 0 Å². The number of hydrogen-bond acceptors (Lipinski definition) is 0. The lowest BCUT2D eigenvalue weighted by Gasteiger charge is -2.24. The number of hydrogen-bond donors (Lipinski definition) is 0. The molecule has 0 aliphatic heterocycles. The highest BCUT2D eigenvalue weighted by Gasteiger charge is 2.20. The predicted octanol–water partition coefficient (Wildman–Crippen LogP) is 7.17. The van der Waals surface area contributed by atoms with Crippen molar-refractivity contribution < 1.29 is 0 Å². The van der Waals surface area contributed by atoms with Gasteiger partial charge in [-0.25, -0.2) is 0 Å². The fraction of sp³-hybridized carbons (Fsp3) is 0.333. The van der Waals surface area contributed by atoms with Crippen molar-refractivity contribution in [3.8, 4) is 0 Å². The largest absolute Gasteiger partial charge is 0.0839 e. The van der Waals surface area contributed by atoms with Crippen LogP contribution in [-0.2, 0) is 5.41 Å². The van der Waals surface area contributed by atoms with E-state index in [1.54, 1.807) is 0 Å². The molecular formula is C18H19BrCl2. The van der Waals surface area contributed by atoms with Crippen LogP contribution in [0.5, 0.6) is 0 Å². The molecule has 0 aliphatic rings. The van der Waals surface area contributed by atoms with Gasteiger partial charge in [-0.1, -0.05) is 90.2 Å². The summed E-state index contributed by atoms with van der Waals surface area (Å²) in [6.45, 7) is 6.74. The zero-order chi connectivity index (χ0) is 15.6. The summed E-state index contributed by atoms with van der Waals surface area (Å²) in [7, 11) is 0. The molecule has 2 rings (SSSR count). The van der Waals surface area contributed by atoms with E-state index in [0.29, 0.717) is 10.0 Å². The first-order valence-corrected chi connectivity index (χ1v) is 8.72. The van der Waals surface area contributed by atoms with Gasteiger partial charge in [-0.05, 0) is 35.1 Å². The maximum Gasteiger partial charge on any atom is 0.0673 e. The topological polar surface area (TPSA) is 0 Å². The molecule has 3 heteroatoms. The van der Waals surface area contributed by atoms with Crippen molar-refractivity contribution in [3.63, 3.8) is 0 Å². The summed E-state index contributed by atoms with van der Waals surface area (Å²) in [5, 5.41) is 1.37. The molecule has 0 saturated heterocycles. The molecule has 1 atom stereocenters. The zero-order valence-electron chi connectivity index (χ0n) is 12.5. The third kappa shape index (κ3) is 3.64. The van der Waals surface area contributed by atoms with Gasteiger partial charge in [-0.3, -0.25) is 0 Å². The van der Waals surface area contributed by atoms with Crippen molar-refractivity contribution in [2.24, 2.45) is 0 Å². The van der Waals surface area contributed by atoms with E-state index in [0.717, 1.165) is 17.5 Å². The molecule has 2 aromatic rings. The minimum absolute atomic E-state index is 0.00233. The maximum absolute atomic E-state index is 6.29. The third-order valence-electron chi connectivity index (χ3n) is 4.12. The van der Waals surface area contributed by atoms with E-state index in [4.69, 9.17) is 23.2 Å². The Morgan fingerprint density at radius 1 is 1.00 bits per heavy atom. The number of halogens is 3. The fourth-order valence-corrected chi connectivity index (χ4v) is 3.90. The van der Waals surface area contributed by atoms with Crippen molar-refractivity contribution in [3.05, 3.63) is 69.2 Å². The zero-order valence-corrected chi connectivity index (χ0v) is 15.6. The van der Waals surface area contributed by atoms with Gasteiger partial charge in [0, 0.05) is 15.6 Å². The second-order valence-electron chi connectivity index (χ2n) is 5.86. The summed E-state index contributed by atoms with van der Waals surface area (Å²) in [4.78, 5) is -0.00233.